The molecule has 3 aromatic rings. The topological polar surface area (TPSA) is 108 Å². The molecule has 0 aliphatic heterocycles. The van der Waals surface area contributed by atoms with E-state index < -0.39 is 5.97 Å². The van der Waals surface area contributed by atoms with Gasteiger partial charge in [0.15, 0.2) is 12.4 Å². The van der Waals surface area contributed by atoms with Crippen LogP contribution in [0, 0.1) is 13.8 Å². The first kappa shape index (κ1) is 15.1. The smallest absolute Gasteiger partial charge is 0.378 e. The van der Waals surface area contributed by atoms with Gasteiger partial charge in [0, 0.05) is 17.3 Å². The van der Waals surface area contributed by atoms with Crippen LogP contribution in [-0.4, -0.2) is 35.7 Å². The van der Waals surface area contributed by atoms with Gasteiger partial charge >= 0.3 is 5.97 Å². The predicted octanol–water partition coefficient (Wildman–Crippen LogP) is 1.60. The van der Waals surface area contributed by atoms with Gasteiger partial charge in [0.25, 0.3) is 17.5 Å². The van der Waals surface area contributed by atoms with Crippen LogP contribution in [0.1, 0.15) is 53.5 Å². The van der Waals surface area contributed by atoms with Crippen molar-refractivity contribution in [2.75, 3.05) is 0 Å². The van der Waals surface area contributed by atoms with E-state index in [2.05, 4.69) is 25.2 Å². The average molecular weight is 316 g/mol. The summed E-state index contributed by atoms with van der Waals surface area (Å²) in [7, 11) is 0. The molecule has 0 radical (unpaired) electrons. The van der Waals surface area contributed by atoms with E-state index in [9.17, 15) is 4.79 Å². The van der Waals surface area contributed by atoms with Crippen molar-refractivity contribution in [3.8, 4) is 0 Å². The third kappa shape index (κ3) is 3.03. The molecule has 9 nitrogen and oxygen atoms in total. The van der Waals surface area contributed by atoms with E-state index in [-0.39, 0.29) is 24.2 Å². The number of aromatic nitrogens is 6. The minimum absolute atomic E-state index is 0.0604. The first-order valence-electron chi connectivity index (χ1n) is 7.14. The first-order valence-corrected chi connectivity index (χ1v) is 7.14. The molecule has 0 aliphatic carbocycles. The summed E-state index contributed by atoms with van der Waals surface area (Å²) in [5.41, 5.74) is 1.63. The molecule has 0 atom stereocenters. The summed E-state index contributed by atoms with van der Waals surface area (Å²) in [6.45, 7) is 7.47. The monoisotopic (exact) mass is 316 g/mol. The molecule has 0 fully saturated rings. The molecule has 120 valence electrons. The summed E-state index contributed by atoms with van der Waals surface area (Å²) in [5.74, 6) is 0.565. The molecule has 23 heavy (non-hydrogen) atoms. The van der Waals surface area contributed by atoms with Gasteiger partial charge in [0.2, 0.25) is 0 Å². The van der Waals surface area contributed by atoms with Crippen LogP contribution in [-0.2, 0) is 11.3 Å². The number of fused-ring (bicyclic) bond motifs is 1. The van der Waals surface area contributed by atoms with Gasteiger partial charge < -0.3 is 9.26 Å². The SMILES string of the molecule is Cc1cc(C)n2nc(C(=O)OCc3nc(C(C)C)no3)nc2n1. The van der Waals surface area contributed by atoms with E-state index in [0.29, 0.717) is 11.6 Å². The fraction of sp³-hybridized carbons (Fsp3) is 0.429. The van der Waals surface area contributed by atoms with E-state index in [0.717, 1.165) is 11.4 Å². The lowest BCUT2D eigenvalue weighted by Gasteiger charge is -1.97. The summed E-state index contributed by atoms with van der Waals surface area (Å²) < 4.78 is 11.6. The zero-order chi connectivity index (χ0) is 16.6. The fourth-order valence-corrected chi connectivity index (χ4v) is 2.01. The summed E-state index contributed by atoms with van der Waals surface area (Å²) in [4.78, 5) is 24.5. The van der Waals surface area contributed by atoms with Crippen LogP contribution < -0.4 is 0 Å². The third-order valence-corrected chi connectivity index (χ3v) is 3.13. The molecule has 0 amide bonds. The van der Waals surface area contributed by atoms with Crippen LogP contribution >= 0.6 is 0 Å². The van der Waals surface area contributed by atoms with Gasteiger partial charge in [-0.05, 0) is 19.9 Å². The van der Waals surface area contributed by atoms with Crippen LogP contribution in [0.25, 0.3) is 5.78 Å². The largest absolute Gasteiger partial charge is 0.450 e. The quantitative estimate of drug-likeness (QED) is 0.668. The molecule has 3 rings (SSSR count). The highest BCUT2D eigenvalue weighted by Gasteiger charge is 2.18. The number of carbonyl (C=O) groups is 1. The van der Waals surface area contributed by atoms with Gasteiger partial charge in [-0.15, -0.1) is 5.10 Å². The molecule has 0 spiro atoms. The van der Waals surface area contributed by atoms with Crippen LogP contribution in [0.15, 0.2) is 10.6 Å². The Morgan fingerprint density at radius 3 is 2.78 bits per heavy atom. The zero-order valence-corrected chi connectivity index (χ0v) is 13.3. The van der Waals surface area contributed by atoms with Crippen molar-refractivity contribution in [1.29, 1.82) is 0 Å². The number of rotatable bonds is 4. The van der Waals surface area contributed by atoms with Gasteiger partial charge in [0.1, 0.15) is 0 Å². The molecule has 0 aromatic carbocycles. The normalized spacial score (nSPS) is 11.3. The summed E-state index contributed by atoms with van der Waals surface area (Å²) >= 11 is 0. The number of hydrogen-bond donors (Lipinski definition) is 0. The second-order valence-corrected chi connectivity index (χ2v) is 5.46. The number of esters is 1. The zero-order valence-electron chi connectivity index (χ0n) is 13.3. The Labute approximate surface area is 131 Å². The van der Waals surface area contributed by atoms with E-state index in [1.807, 2.05) is 33.8 Å². The van der Waals surface area contributed by atoms with Gasteiger partial charge in [-0.1, -0.05) is 19.0 Å². The van der Waals surface area contributed by atoms with Gasteiger partial charge in [-0.25, -0.2) is 14.3 Å². The molecular weight excluding hydrogens is 300 g/mol. The van der Waals surface area contributed by atoms with Crippen molar-refractivity contribution < 1.29 is 14.1 Å². The van der Waals surface area contributed by atoms with Crippen molar-refractivity contribution in [3.05, 3.63) is 35.0 Å². The molecule has 0 saturated heterocycles. The molecule has 3 aromatic heterocycles. The number of carbonyl (C=O) groups excluding carboxylic acids is 1. The second kappa shape index (κ2) is 5.75. The predicted molar refractivity (Wildman–Crippen MR) is 77.8 cm³/mol. The van der Waals surface area contributed by atoms with Crippen molar-refractivity contribution in [3.63, 3.8) is 0 Å². The number of nitrogens with zero attached hydrogens (tertiary/aromatic N) is 6. The first-order chi connectivity index (χ1) is 10.9. The lowest BCUT2D eigenvalue weighted by molar-refractivity contribution is 0.0415. The number of aryl methyl sites for hydroxylation is 2. The summed E-state index contributed by atoms with van der Waals surface area (Å²) in [6.07, 6.45) is 0. The highest BCUT2D eigenvalue weighted by Crippen LogP contribution is 2.11. The molecule has 0 aliphatic rings. The van der Waals surface area contributed by atoms with Crippen molar-refractivity contribution >= 4 is 11.7 Å². The number of ether oxygens (including phenoxy) is 1. The van der Waals surface area contributed by atoms with E-state index in [1.54, 1.807) is 0 Å². The highest BCUT2D eigenvalue weighted by atomic mass is 16.6. The van der Waals surface area contributed by atoms with Crippen LogP contribution in [0.3, 0.4) is 0 Å². The molecule has 0 saturated carbocycles. The van der Waals surface area contributed by atoms with E-state index >= 15 is 0 Å². The summed E-state index contributed by atoms with van der Waals surface area (Å²) in [5, 5.41) is 7.90. The maximum atomic E-state index is 12.0. The van der Waals surface area contributed by atoms with E-state index in [1.165, 1.54) is 4.52 Å². The maximum Gasteiger partial charge on any atom is 0.378 e. The lowest BCUT2D eigenvalue weighted by Crippen LogP contribution is -2.08. The van der Waals surface area contributed by atoms with Crippen LogP contribution in [0.4, 0.5) is 0 Å². The molecular formula is C14H16N6O3. The fourth-order valence-electron chi connectivity index (χ4n) is 2.01. The Kier molecular flexibility index (Phi) is 3.77. The van der Waals surface area contributed by atoms with Crippen molar-refractivity contribution in [2.45, 2.75) is 40.2 Å². The van der Waals surface area contributed by atoms with Crippen molar-refractivity contribution in [1.82, 2.24) is 29.7 Å². The maximum absolute atomic E-state index is 12.0. The molecule has 0 bridgehead atoms. The minimum atomic E-state index is -0.670. The average Bonchev–Trinajstić information content (AvgIpc) is 3.11. The molecule has 3 heterocycles. The minimum Gasteiger partial charge on any atom is -0.450 e. The second-order valence-electron chi connectivity index (χ2n) is 5.46. The Morgan fingerprint density at radius 2 is 2.09 bits per heavy atom. The van der Waals surface area contributed by atoms with Crippen molar-refractivity contribution in [2.24, 2.45) is 0 Å². The Hall–Kier alpha value is -2.84. The van der Waals surface area contributed by atoms with Crippen LogP contribution in [0.2, 0.25) is 0 Å². The highest BCUT2D eigenvalue weighted by molar-refractivity contribution is 5.85. The Balaban J connectivity index is 1.74. The third-order valence-electron chi connectivity index (χ3n) is 3.13. The Bertz CT molecular complexity index is 867. The molecule has 9 heteroatoms. The van der Waals surface area contributed by atoms with Gasteiger partial charge in [-0.3, -0.25) is 0 Å². The summed E-state index contributed by atoms with van der Waals surface area (Å²) in [6, 6.07) is 1.85. The molecule has 0 unspecified atom stereocenters. The van der Waals surface area contributed by atoms with Gasteiger partial charge in [0.05, 0.1) is 0 Å². The standard InChI is InChI=1S/C14H16N6O3/c1-7(2)11-16-10(23-19-11)6-22-13(21)12-17-14-15-8(3)5-9(4)20(14)18-12/h5,7H,6H2,1-4H3. The lowest BCUT2D eigenvalue weighted by atomic mass is 10.2. The Morgan fingerprint density at radius 1 is 1.30 bits per heavy atom. The van der Waals surface area contributed by atoms with Crippen LogP contribution in [0.5, 0.6) is 0 Å². The van der Waals surface area contributed by atoms with Gasteiger partial charge in [-0.2, -0.15) is 9.97 Å². The number of hydrogen-bond acceptors (Lipinski definition) is 8. The van der Waals surface area contributed by atoms with E-state index in [4.69, 9.17) is 9.26 Å². The molecule has 0 N–H and O–H groups in total.